The first-order valence-electron chi connectivity index (χ1n) is 9.04. The molecule has 2 aromatic heterocycles. The van der Waals surface area contributed by atoms with Crippen molar-refractivity contribution in [1.29, 1.82) is 0 Å². The number of nitrogens with zero attached hydrogens (tertiary/aromatic N) is 4. The van der Waals surface area contributed by atoms with E-state index in [2.05, 4.69) is 10.1 Å². The molecule has 1 aliphatic heterocycles. The van der Waals surface area contributed by atoms with Crippen molar-refractivity contribution in [2.24, 2.45) is 7.05 Å². The average molecular weight is 385 g/mol. The number of oxazole rings is 1. The van der Waals surface area contributed by atoms with Crippen molar-refractivity contribution >= 4 is 34.7 Å². The molecule has 27 heavy (non-hydrogen) atoms. The standard InChI is InChI=1S/C20H21ClN4O2/c1-13-15(19(21)24(2)23-13)7-8-18(26)25-11-9-14(10-12-25)20-22-16-5-3-4-6-17(16)27-20/h3-8,14H,9-12H2,1-2H3/b8-7+. The van der Waals surface area contributed by atoms with Crippen LogP contribution in [0.2, 0.25) is 5.15 Å². The summed E-state index contributed by atoms with van der Waals surface area (Å²) >= 11 is 6.21. The van der Waals surface area contributed by atoms with Gasteiger partial charge in [-0.15, -0.1) is 0 Å². The van der Waals surface area contributed by atoms with Gasteiger partial charge in [0.2, 0.25) is 5.91 Å². The van der Waals surface area contributed by atoms with Gasteiger partial charge in [0.25, 0.3) is 0 Å². The number of likely N-dealkylation sites (tertiary alicyclic amines) is 1. The third-order valence-electron chi connectivity index (χ3n) is 5.06. The quantitative estimate of drug-likeness (QED) is 0.641. The van der Waals surface area contributed by atoms with E-state index in [0.29, 0.717) is 18.2 Å². The molecule has 0 radical (unpaired) electrons. The maximum atomic E-state index is 12.5. The number of fused-ring (bicyclic) bond motifs is 1. The highest BCUT2D eigenvalue weighted by Gasteiger charge is 2.26. The average Bonchev–Trinajstić information content (AvgIpc) is 3.21. The highest BCUT2D eigenvalue weighted by atomic mass is 35.5. The summed E-state index contributed by atoms with van der Waals surface area (Å²) < 4.78 is 7.49. The Labute approximate surface area is 162 Å². The normalized spacial score (nSPS) is 15.9. The van der Waals surface area contributed by atoms with Gasteiger partial charge in [-0.1, -0.05) is 23.7 Å². The Kier molecular flexibility index (Phi) is 4.74. The molecule has 1 amide bonds. The van der Waals surface area contributed by atoms with Gasteiger partial charge >= 0.3 is 0 Å². The minimum absolute atomic E-state index is 0.00895. The zero-order valence-corrected chi connectivity index (χ0v) is 16.1. The Morgan fingerprint density at radius 2 is 2.04 bits per heavy atom. The number of para-hydroxylation sites is 2. The minimum Gasteiger partial charge on any atom is -0.440 e. The molecule has 0 unspecified atom stereocenters. The Balaban J connectivity index is 1.39. The molecule has 0 aliphatic carbocycles. The van der Waals surface area contributed by atoms with E-state index in [1.165, 1.54) is 0 Å². The first-order valence-corrected chi connectivity index (χ1v) is 9.42. The van der Waals surface area contributed by atoms with E-state index >= 15 is 0 Å². The second-order valence-electron chi connectivity index (χ2n) is 6.87. The number of hydrogen-bond acceptors (Lipinski definition) is 4. The summed E-state index contributed by atoms with van der Waals surface area (Å²) in [6.07, 6.45) is 5.02. The molecule has 0 N–H and O–H groups in total. The predicted octanol–water partition coefficient (Wildman–Crippen LogP) is 3.94. The minimum atomic E-state index is -0.00895. The number of halogens is 1. The molecule has 1 aliphatic rings. The summed E-state index contributed by atoms with van der Waals surface area (Å²) in [4.78, 5) is 19.0. The third-order valence-corrected chi connectivity index (χ3v) is 5.50. The number of aromatic nitrogens is 3. The van der Waals surface area contributed by atoms with Crippen LogP contribution < -0.4 is 0 Å². The van der Waals surface area contributed by atoms with Crippen molar-refractivity contribution in [1.82, 2.24) is 19.7 Å². The lowest BCUT2D eigenvalue weighted by atomic mass is 9.96. The molecule has 1 aromatic carbocycles. The summed E-state index contributed by atoms with van der Waals surface area (Å²) in [6, 6.07) is 7.79. The monoisotopic (exact) mass is 384 g/mol. The molecule has 0 saturated carbocycles. The van der Waals surface area contributed by atoms with Crippen LogP contribution in [0.5, 0.6) is 0 Å². The molecule has 140 valence electrons. The molecule has 7 heteroatoms. The second-order valence-corrected chi connectivity index (χ2v) is 7.22. The van der Waals surface area contributed by atoms with Gasteiger partial charge in [0, 0.05) is 37.7 Å². The van der Waals surface area contributed by atoms with Gasteiger partial charge in [-0.25, -0.2) is 4.98 Å². The molecule has 4 rings (SSSR count). The number of carbonyl (C=O) groups excluding carboxylic acids is 1. The van der Waals surface area contributed by atoms with Crippen LogP contribution in [0.3, 0.4) is 0 Å². The number of carbonyl (C=O) groups is 1. The van der Waals surface area contributed by atoms with E-state index in [4.69, 9.17) is 16.0 Å². The fourth-order valence-electron chi connectivity index (χ4n) is 3.51. The summed E-state index contributed by atoms with van der Waals surface area (Å²) in [5, 5.41) is 4.79. The van der Waals surface area contributed by atoms with Crippen LogP contribution in [-0.2, 0) is 11.8 Å². The SMILES string of the molecule is Cc1nn(C)c(Cl)c1/C=C/C(=O)N1CCC(c2nc3ccccc3o2)CC1. The molecule has 1 saturated heterocycles. The topological polar surface area (TPSA) is 64.2 Å². The highest BCUT2D eigenvalue weighted by Crippen LogP contribution is 2.30. The Morgan fingerprint density at radius 1 is 1.30 bits per heavy atom. The maximum Gasteiger partial charge on any atom is 0.246 e. The summed E-state index contributed by atoms with van der Waals surface area (Å²) in [6.45, 7) is 3.25. The first-order chi connectivity index (χ1) is 13.0. The maximum absolute atomic E-state index is 12.5. The fraction of sp³-hybridized carbons (Fsp3) is 0.350. The smallest absolute Gasteiger partial charge is 0.246 e. The number of piperidine rings is 1. The number of amides is 1. The van der Waals surface area contributed by atoms with Gasteiger partial charge in [-0.2, -0.15) is 5.10 Å². The Bertz CT molecular complexity index is 979. The van der Waals surface area contributed by atoms with Crippen molar-refractivity contribution in [2.45, 2.75) is 25.7 Å². The van der Waals surface area contributed by atoms with Crippen molar-refractivity contribution in [3.05, 3.63) is 52.6 Å². The molecular weight excluding hydrogens is 364 g/mol. The lowest BCUT2D eigenvalue weighted by Crippen LogP contribution is -2.36. The zero-order chi connectivity index (χ0) is 19.0. The highest BCUT2D eigenvalue weighted by molar-refractivity contribution is 6.31. The van der Waals surface area contributed by atoms with Crippen LogP contribution in [-0.4, -0.2) is 38.7 Å². The van der Waals surface area contributed by atoms with E-state index in [9.17, 15) is 4.79 Å². The Hall–Kier alpha value is -2.60. The lowest BCUT2D eigenvalue weighted by Gasteiger charge is -2.29. The van der Waals surface area contributed by atoms with Gasteiger partial charge in [0.15, 0.2) is 11.5 Å². The van der Waals surface area contributed by atoms with Gasteiger partial charge in [0.05, 0.1) is 5.69 Å². The van der Waals surface area contributed by atoms with Crippen LogP contribution in [0.15, 0.2) is 34.8 Å². The largest absolute Gasteiger partial charge is 0.440 e. The van der Waals surface area contributed by atoms with Crippen LogP contribution in [0, 0.1) is 6.92 Å². The summed E-state index contributed by atoms with van der Waals surface area (Å²) in [5.74, 6) is 1.02. The summed E-state index contributed by atoms with van der Waals surface area (Å²) in [7, 11) is 1.78. The Morgan fingerprint density at radius 3 is 2.70 bits per heavy atom. The van der Waals surface area contributed by atoms with Crippen molar-refractivity contribution in [3.8, 4) is 0 Å². The van der Waals surface area contributed by atoms with Crippen LogP contribution in [0.25, 0.3) is 17.2 Å². The molecule has 1 fully saturated rings. The zero-order valence-electron chi connectivity index (χ0n) is 15.4. The molecular formula is C20H21ClN4O2. The number of hydrogen-bond donors (Lipinski definition) is 0. The van der Waals surface area contributed by atoms with E-state index in [1.54, 1.807) is 23.9 Å². The van der Waals surface area contributed by atoms with Crippen LogP contribution >= 0.6 is 11.6 Å². The van der Waals surface area contributed by atoms with Crippen LogP contribution in [0.4, 0.5) is 0 Å². The number of rotatable bonds is 3. The van der Waals surface area contributed by atoms with Crippen molar-refractivity contribution in [3.63, 3.8) is 0 Å². The van der Waals surface area contributed by atoms with E-state index < -0.39 is 0 Å². The van der Waals surface area contributed by atoms with Gasteiger partial charge < -0.3 is 9.32 Å². The van der Waals surface area contributed by atoms with E-state index in [-0.39, 0.29) is 11.8 Å². The summed E-state index contributed by atoms with van der Waals surface area (Å²) in [5.41, 5.74) is 3.30. The third kappa shape index (κ3) is 3.49. The number of benzene rings is 1. The van der Waals surface area contributed by atoms with E-state index in [1.807, 2.05) is 36.1 Å². The molecule has 0 spiro atoms. The van der Waals surface area contributed by atoms with Crippen molar-refractivity contribution in [2.75, 3.05) is 13.1 Å². The van der Waals surface area contributed by atoms with E-state index in [0.717, 1.165) is 41.1 Å². The van der Waals surface area contributed by atoms with Crippen molar-refractivity contribution < 1.29 is 9.21 Å². The molecule has 0 bridgehead atoms. The predicted molar refractivity (Wildman–Crippen MR) is 105 cm³/mol. The second kappa shape index (κ2) is 7.19. The van der Waals surface area contributed by atoms with Gasteiger partial charge in [-0.05, 0) is 38.0 Å². The molecule has 3 aromatic rings. The van der Waals surface area contributed by atoms with Gasteiger partial charge in [-0.3, -0.25) is 9.48 Å². The van der Waals surface area contributed by atoms with Crippen LogP contribution in [0.1, 0.15) is 35.9 Å². The molecule has 0 atom stereocenters. The first kappa shape index (κ1) is 17.8. The molecule has 6 nitrogen and oxygen atoms in total. The number of aryl methyl sites for hydroxylation is 2. The fourth-order valence-corrected chi connectivity index (χ4v) is 3.74. The van der Waals surface area contributed by atoms with Gasteiger partial charge in [0.1, 0.15) is 10.7 Å². The molecule has 3 heterocycles. The lowest BCUT2D eigenvalue weighted by molar-refractivity contribution is -0.127.